The number of ether oxygens (including phenoxy) is 1. The van der Waals surface area contributed by atoms with Crippen LogP contribution in [-0.4, -0.2) is 85.8 Å². The summed E-state index contributed by atoms with van der Waals surface area (Å²) in [4.78, 5) is 19.6. The van der Waals surface area contributed by atoms with E-state index in [4.69, 9.17) is 21.3 Å². The number of esters is 1. The Hall–Kier alpha value is -1.48. The van der Waals surface area contributed by atoms with Gasteiger partial charge >= 0.3 is 5.97 Å². The van der Waals surface area contributed by atoms with Gasteiger partial charge in [0.2, 0.25) is 5.13 Å². The molecule has 4 atom stereocenters. The van der Waals surface area contributed by atoms with E-state index in [-0.39, 0.29) is 12.4 Å². The molecule has 0 aliphatic heterocycles. The third-order valence-electron chi connectivity index (χ3n) is 3.21. The summed E-state index contributed by atoms with van der Waals surface area (Å²) in [6.45, 7) is -1.33. The maximum absolute atomic E-state index is 11.6. The number of aromatic nitrogens is 1. The lowest BCUT2D eigenvalue weighted by Crippen LogP contribution is -2.47. The topological polar surface area (TPSA) is 205 Å². The van der Waals surface area contributed by atoms with Crippen LogP contribution in [0.25, 0.3) is 0 Å². The maximum Gasteiger partial charge on any atom is 0.306 e. The first-order chi connectivity index (χ1) is 12.7. The monoisotopic (exact) mass is 424 g/mol. The number of thiazole rings is 1. The lowest BCUT2D eigenvalue weighted by molar-refractivity contribution is -0.155. The number of rotatable bonds is 12. The van der Waals surface area contributed by atoms with Crippen molar-refractivity contribution in [3.05, 3.63) is 11.1 Å². The number of thioether (sulfide) groups is 1. The van der Waals surface area contributed by atoms with Gasteiger partial charge in [-0.25, -0.2) is 4.98 Å². The summed E-state index contributed by atoms with van der Waals surface area (Å²) in [5.41, 5.74) is 11.3. The molecule has 1 aromatic rings. The van der Waals surface area contributed by atoms with Crippen LogP contribution in [-0.2, 0) is 15.3 Å². The average molecular weight is 425 g/mol. The average Bonchev–Trinajstić information content (AvgIpc) is 3.07. The minimum atomic E-state index is -1.77. The number of nitrogens with zero attached hydrogens (tertiary/aromatic N) is 2. The Morgan fingerprint density at radius 3 is 2.56 bits per heavy atom. The zero-order valence-corrected chi connectivity index (χ0v) is 16.0. The van der Waals surface area contributed by atoms with Crippen LogP contribution in [0, 0.1) is 0 Å². The smallest absolute Gasteiger partial charge is 0.306 e. The van der Waals surface area contributed by atoms with Crippen molar-refractivity contribution in [2.75, 3.05) is 19.0 Å². The van der Waals surface area contributed by atoms with E-state index >= 15 is 0 Å². The molecule has 0 saturated heterocycles. The molecule has 13 heteroatoms. The lowest BCUT2D eigenvalue weighted by Gasteiger charge is -2.25. The molecule has 0 aliphatic carbocycles. The highest BCUT2D eigenvalue weighted by Gasteiger charge is 2.30. The van der Waals surface area contributed by atoms with Gasteiger partial charge in [0, 0.05) is 16.9 Å². The first-order valence-electron chi connectivity index (χ1n) is 7.85. The van der Waals surface area contributed by atoms with Crippen molar-refractivity contribution in [1.29, 1.82) is 0 Å². The van der Waals surface area contributed by atoms with Crippen molar-refractivity contribution in [3.8, 4) is 0 Å². The van der Waals surface area contributed by atoms with E-state index in [1.165, 1.54) is 23.1 Å². The zero-order valence-electron chi connectivity index (χ0n) is 14.3. The highest BCUT2D eigenvalue weighted by molar-refractivity contribution is 7.98. The van der Waals surface area contributed by atoms with E-state index in [0.717, 1.165) is 5.69 Å². The van der Waals surface area contributed by atoms with E-state index in [0.29, 0.717) is 16.6 Å². The van der Waals surface area contributed by atoms with Crippen molar-refractivity contribution in [2.45, 2.75) is 36.6 Å². The molecule has 0 amide bonds. The SMILES string of the molecule is NC(N)=Nc1nc(CSCCC(=O)OC[C@@H](O)[C@@H](O)[C@H](O)[C@H](O)CO)cs1. The van der Waals surface area contributed by atoms with Crippen LogP contribution in [0.1, 0.15) is 12.1 Å². The Bertz CT molecular complexity index is 612. The van der Waals surface area contributed by atoms with Crippen LogP contribution in [0.15, 0.2) is 10.4 Å². The predicted molar refractivity (Wildman–Crippen MR) is 100 cm³/mol. The second-order valence-electron chi connectivity index (χ2n) is 5.44. The Kier molecular flexibility index (Phi) is 10.5. The third kappa shape index (κ3) is 8.83. The van der Waals surface area contributed by atoms with Crippen molar-refractivity contribution in [1.82, 2.24) is 4.98 Å². The molecule has 0 fully saturated rings. The molecule has 0 saturated carbocycles. The summed E-state index contributed by atoms with van der Waals surface area (Å²) in [5, 5.41) is 48.8. The van der Waals surface area contributed by atoms with E-state index in [9.17, 15) is 25.2 Å². The molecule has 0 radical (unpaired) electrons. The van der Waals surface area contributed by atoms with E-state index in [1.807, 2.05) is 0 Å². The van der Waals surface area contributed by atoms with Crippen molar-refractivity contribution < 1.29 is 35.1 Å². The van der Waals surface area contributed by atoms with Gasteiger partial charge in [0.15, 0.2) is 5.96 Å². The zero-order chi connectivity index (χ0) is 20.4. The van der Waals surface area contributed by atoms with Gasteiger partial charge in [0.1, 0.15) is 31.0 Å². The Morgan fingerprint density at radius 1 is 1.26 bits per heavy atom. The summed E-state index contributed by atoms with van der Waals surface area (Å²) < 4.78 is 4.81. The van der Waals surface area contributed by atoms with Crippen LogP contribution < -0.4 is 11.5 Å². The summed E-state index contributed by atoms with van der Waals surface area (Å²) in [6.07, 6.45) is -6.67. The number of hydrogen-bond donors (Lipinski definition) is 7. The molecule has 0 aromatic carbocycles. The van der Waals surface area contributed by atoms with Crippen LogP contribution in [0.2, 0.25) is 0 Å². The standard InChI is InChI=1S/C14H24N4O7S2/c15-13(16)18-14-17-7(6-27-14)5-26-2-1-10(22)25-4-9(21)12(24)11(23)8(20)3-19/h6,8-9,11-12,19-21,23-24H,1-5H2,(H4,15,16,17,18)/t8-,9-,11-,12-/m1/s1. The number of aliphatic hydroxyl groups is 5. The van der Waals surface area contributed by atoms with Crippen molar-refractivity contribution in [3.63, 3.8) is 0 Å². The summed E-state index contributed by atoms with van der Waals surface area (Å²) >= 11 is 2.73. The van der Waals surface area contributed by atoms with Crippen LogP contribution in [0.5, 0.6) is 0 Å². The minimum absolute atomic E-state index is 0.0696. The molecule has 154 valence electrons. The largest absolute Gasteiger partial charge is 0.463 e. The highest BCUT2D eigenvalue weighted by Crippen LogP contribution is 2.22. The van der Waals surface area contributed by atoms with E-state index in [1.54, 1.807) is 5.38 Å². The Morgan fingerprint density at radius 2 is 1.93 bits per heavy atom. The molecular weight excluding hydrogens is 400 g/mol. The lowest BCUT2D eigenvalue weighted by atomic mass is 10.0. The van der Waals surface area contributed by atoms with Gasteiger partial charge in [-0.1, -0.05) is 0 Å². The number of aliphatic imine (C=N–C) groups is 1. The quantitative estimate of drug-likeness (QED) is 0.0818. The number of hydrogen-bond acceptors (Lipinski definition) is 11. The molecule has 0 aliphatic rings. The summed E-state index contributed by atoms with van der Waals surface area (Å²) in [6, 6.07) is 0. The number of carbonyl (C=O) groups excluding carboxylic acids is 1. The highest BCUT2D eigenvalue weighted by atomic mass is 32.2. The van der Waals surface area contributed by atoms with Crippen LogP contribution in [0.4, 0.5) is 5.13 Å². The fourth-order valence-electron chi connectivity index (χ4n) is 1.77. The molecule has 27 heavy (non-hydrogen) atoms. The molecule has 9 N–H and O–H groups in total. The summed E-state index contributed by atoms with van der Waals surface area (Å²) in [7, 11) is 0. The molecule has 0 bridgehead atoms. The maximum atomic E-state index is 11.6. The Labute approximate surface area is 163 Å². The number of carbonyl (C=O) groups is 1. The summed E-state index contributed by atoms with van der Waals surface area (Å²) in [5.74, 6) is 0.330. The second kappa shape index (κ2) is 12.1. The molecule has 0 unspecified atom stereocenters. The van der Waals surface area contributed by atoms with Gasteiger partial charge in [-0.3, -0.25) is 4.79 Å². The van der Waals surface area contributed by atoms with Gasteiger partial charge in [-0.15, -0.1) is 11.3 Å². The number of aliphatic hydroxyl groups excluding tert-OH is 5. The fourth-order valence-corrected chi connectivity index (χ4v) is 3.39. The van der Waals surface area contributed by atoms with Gasteiger partial charge < -0.3 is 41.7 Å². The van der Waals surface area contributed by atoms with Crippen LogP contribution in [0.3, 0.4) is 0 Å². The number of nitrogens with two attached hydrogens (primary N) is 2. The van der Waals surface area contributed by atoms with E-state index < -0.39 is 43.6 Å². The van der Waals surface area contributed by atoms with Gasteiger partial charge in [0.25, 0.3) is 0 Å². The first kappa shape index (κ1) is 23.6. The van der Waals surface area contributed by atoms with Gasteiger partial charge in [-0.2, -0.15) is 16.8 Å². The minimum Gasteiger partial charge on any atom is -0.463 e. The van der Waals surface area contributed by atoms with Crippen molar-refractivity contribution >= 4 is 40.2 Å². The van der Waals surface area contributed by atoms with Crippen molar-refractivity contribution in [2.24, 2.45) is 16.5 Å². The molecular formula is C14H24N4O7S2. The number of guanidine groups is 1. The van der Waals surface area contributed by atoms with Gasteiger partial charge in [0.05, 0.1) is 18.7 Å². The molecule has 0 spiro atoms. The molecule has 1 aromatic heterocycles. The van der Waals surface area contributed by atoms with Crippen LogP contribution >= 0.6 is 23.1 Å². The molecule has 1 rings (SSSR count). The second-order valence-corrected chi connectivity index (χ2v) is 7.38. The predicted octanol–water partition coefficient (Wildman–Crippen LogP) is -2.35. The molecule has 1 heterocycles. The molecule has 11 nitrogen and oxygen atoms in total. The fraction of sp³-hybridized carbons (Fsp3) is 0.643. The Balaban J connectivity index is 2.23. The van der Waals surface area contributed by atoms with Gasteiger partial charge in [-0.05, 0) is 0 Å². The first-order valence-corrected chi connectivity index (χ1v) is 9.88. The third-order valence-corrected chi connectivity index (χ3v) is 4.98. The normalized spacial score (nSPS) is 15.6. The van der Waals surface area contributed by atoms with E-state index in [2.05, 4.69) is 9.98 Å².